The Morgan fingerprint density at radius 1 is 1.69 bits per heavy atom. The lowest BCUT2D eigenvalue weighted by atomic mass is 10.2. The highest BCUT2D eigenvalue weighted by Gasteiger charge is 2.14. The number of thiophene rings is 1. The molecule has 0 unspecified atom stereocenters. The summed E-state index contributed by atoms with van der Waals surface area (Å²) in [6.45, 7) is 0. The van der Waals surface area contributed by atoms with Crippen molar-refractivity contribution < 1.29 is 19.2 Å². The first-order valence-corrected chi connectivity index (χ1v) is 5.38. The van der Waals surface area contributed by atoms with Crippen LogP contribution in [0, 0.1) is 0 Å². The largest absolute Gasteiger partial charge is 0.481 e. The lowest BCUT2D eigenvalue weighted by Gasteiger charge is -1.95. The van der Waals surface area contributed by atoms with E-state index in [9.17, 15) is 4.79 Å². The van der Waals surface area contributed by atoms with Crippen LogP contribution in [0.15, 0.2) is 22.0 Å². The number of aromatic nitrogens is 1. The Morgan fingerprint density at radius 2 is 2.50 bits per heavy atom. The molecule has 0 radical (unpaired) electrons. The number of rotatable bonds is 4. The Balaban J connectivity index is 2.32. The average molecular weight is 239 g/mol. The molecule has 6 heteroatoms. The maximum absolute atomic E-state index is 10.6. The summed E-state index contributed by atoms with van der Waals surface area (Å²) in [5.74, 6) is 0.0343. The quantitative estimate of drug-likeness (QED) is 0.883. The van der Waals surface area contributed by atoms with Crippen LogP contribution in [-0.4, -0.2) is 23.3 Å². The minimum Gasteiger partial charge on any atom is -0.481 e. The van der Waals surface area contributed by atoms with Crippen molar-refractivity contribution in [1.29, 1.82) is 0 Å². The molecule has 0 fully saturated rings. The molecule has 0 aliphatic carbocycles. The van der Waals surface area contributed by atoms with Crippen molar-refractivity contribution >= 4 is 17.3 Å². The number of ether oxygens (including phenoxy) is 1. The molecular weight excluding hydrogens is 230 g/mol. The molecule has 16 heavy (non-hydrogen) atoms. The molecule has 0 bridgehead atoms. The Labute approximate surface area is 95.3 Å². The summed E-state index contributed by atoms with van der Waals surface area (Å²) in [6.07, 6.45) is -0.0178. The number of nitrogens with zero attached hydrogens (tertiary/aromatic N) is 1. The molecule has 84 valence electrons. The molecule has 0 spiro atoms. The second-order valence-electron chi connectivity index (χ2n) is 3.06. The van der Waals surface area contributed by atoms with E-state index in [-0.39, 0.29) is 6.42 Å². The van der Waals surface area contributed by atoms with Gasteiger partial charge in [0.1, 0.15) is 0 Å². The van der Waals surface area contributed by atoms with Gasteiger partial charge in [-0.3, -0.25) is 4.79 Å². The summed E-state index contributed by atoms with van der Waals surface area (Å²) in [5, 5.41) is 14.2. The molecule has 0 saturated heterocycles. The minimum absolute atomic E-state index is 0.0178. The summed E-state index contributed by atoms with van der Waals surface area (Å²) >= 11 is 1.38. The Kier molecular flexibility index (Phi) is 2.91. The topological polar surface area (TPSA) is 72.6 Å². The van der Waals surface area contributed by atoms with Crippen molar-refractivity contribution in [2.75, 3.05) is 7.11 Å². The van der Waals surface area contributed by atoms with Crippen LogP contribution >= 0.6 is 11.3 Å². The third-order valence-electron chi connectivity index (χ3n) is 2.02. The first-order valence-electron chi connectivity index (χ1n) is 4.50. The van der Waals surface area contributed by atoms with E-state index in [0.717, 1.165) is 10.4 Å². The van der Waals surface area contributed by atoms with Crippen molar-refractivity contribution in [3.8, 4) is 17.2 Å². The molecule has 2 heterocycles. The summed E-state index contributed by atoms with van der Waals surface area (Å²) in [6, 6.07) is 3.44. The van der Waals surface area contributed by atoms with Crippen LogP contribution < -0.4 is 4.74 Å². The molecule has 0 atom stereocenters. The number of carboxylic acids is 1. The third-order valence-corrected chi connectivity index (χ3v) is 2.94. The van der Waals surface area contributed by atoms with Gasteiger partial charge in [0, 0.05) is 16.5 Å². The number of aliphatic carboxylic acids is 1. The minimum atomic E-state index is -0.866. The maximum Gasteiger partial charge on any atom is 0.308 e. The highest BCUT2D eigenvalue weighted by molar-refractivity contribution is 7.10. The molecule has 0 aliphatic rings. The fraction of sp³-hybridized carbons (Fsp3) is 0.200. The first kappa shape index (κ1) is 10.7. The van der Waals surface area contributed by atoms with Crippen LogP contribution in [0.1, 0.15) is 4.88 Å². The molecule has 2 rings (SSSR count). The number of methoxy groups -OCH3 is 1. The van der Waals surface area contributed by atoms with Gasteiger partial charge in [-0.2, -0.15) is 0 Å². The van der Waals surface area contributed by atoms with E-state index in [1.807, 2.05) is 11.4 Å². The smallest absolute Gasteiger partial charge is 0.308 e. The normalized spacial score (nSPS) is 10.3. The van der Waals surface area contributed by atoms with Gasteiger partial charge in [-0.25, -0.2) is 0 Å². The SMILES string of the molecule is COc1cc(-c2ccsc2CC(=O)O)on1. The summed E-state index contributed by atoms with van der Waals surface area (Å²) < 4.78 is 9.96. The number of hydrogen-bond donors (Lipinski definition) is 1. The highest BCUT2D eigenvalue weighted by atomic mass is 32.1. The number of carbonyl (C=O) groups is 1. The predicted molar refractivity (Wildman–Crippen MR) is 57.7 cm³/mol. The van der Waals surface area contributed by atoms with E-state index in [2.05, 4.69) is 5.16 Å². The summed E-state index contributed by atoms with van der Waals surface area (Å²) in [5.41, 5.74) is 0.753. The summed E-state index contributed by atoms with van der Waals surface area (Å²) in [4.78, 5) is 11.4. The standard InChI is InChI=1S/C10H9NO4S/c1-14-9-4-7(15-11-9)6-2-3-16-8(6)5-10(12)13/h2-4H,5H2,1H3,(H,12,13). The Morgan fingerprint density at radius 3 is 3.12 bits per heavy atom. The van der Waals surface area contributed by atoms with E-state index in [0.29, 0.717) is 11.6 Å². The molecular formula is C10H9NO4S. The van der Waals surface area contributed by atoms with E-state index >= 15 is 0 Å². The third kappa shape index (κ3) is 2.06. The van der Waals surface area contributed by atoms with Crippen LogP contribution in [0.4, 0.5) is 0 Å². The molecule has 1 N–H and O–H groups in total. The molecule has 5 nitrogen and oxygen atoms in total. The highest BCUT2D eigenvalue weighted by Crippen LogP contribution is 2.30. The zero-order chi connectivity index (χ0) is 11.5. The molecule has 0 saturated carbocycles. The van der Waals surface area contributed by atoms with Gasteiger partial charge in [0.05, 0.1) is 13.5 Å². The zero-order valence-electron chi connectivity index (χ0n) is 8.47. The van der Waals surface area contributed by atoms with Gasteiger partial charge in [-0.1, -0.05) is 0 Å². The van der Waals surface area contributed by atoms with Gasteiger partial charge in [0.15, 0.2) is 5.76 Å². The number of hydrogen-bond acceptors (Lipinski definition) is 5. The first-order chi connectivity index (χ1) is 7.70. The Hall–Kier alpha value is -1.82. The van der Waals surface area contributed by atoms with Crippen LogP contribution in [0.25, 0.3) is 11.3 Å². The van der Waals surface area contributed by atoms with Crippen molar-refractivity contribution in [3.63, 3.8) is 0 Å². The maximum atomic E-state index is 10.6. The van der Waals surface area contributed by atoms with Crippen molar-refractivity contribution in [3.05, 3.63) is 22.4 Å². The Bertz CT molecular complexity index is 502. The van der Waals surface area contributed by atoms with Gasteiger partial charge in [0.25, 0.3) is 5.88 Å². The van der Waals surface area contributed by atoms with Crippen LogP contribution in [0.5, 0.6) is 5.88 Å². The van der Waals surface area contributed by atoms with Gasteiger partial charge < -0.3 is 14.4 Å². The second-order valence-corrected chi connectivity index (χ2v) is 4.06. The predicted octanol–water partition coefficient (Wildman–Crippen LogP) is 2.04. The van der Waals surface area contributed by atoms with Crippen LogP contribution in [-0.2, 0) is 11.2 Å². The van der Waals surface area contributed by atoms with Gasteiger partial charge in [-0.05, 0) is 16.6 Å². The van der Waals surface area contributed by atoms with Gasteiger partial charge in [-0.15, -0.1) is 11.3 Å². The van der Waals surface area contributed by atoms with Crippen molar-refractivity contribution in [2.24, 2.45) is 0 Å². The molecule has 0 aliphatic heterocycles. The van der Waals surface area contributed by atoms with Gasteiger partial charge in [0.2, 0.25) is 0 Å². The number of carboxylic acid groups (broad SMARTS) is 1. The summed E-state index contributed by atoms with van der Waals surface area (Å²) in [7, 11) is 1.49. The van der Waals surface area contributed by atoms with Crippen LogP contribution in [0.3, 0.4) is 0 Å². The van der Waals surface area contributed by atoms with E-state index in [4.69, 9.17) is 14.4 Å². The molecule has 2 aromatic rings. The van der Waals surface area contributed by atoms with Crippen molar-refractivity contribution in [1.82, 2.24) is 5.16 Å². The van der Waals surface area contributed by atoms with Crippen molar-refractivity contribution in [2.45, 2.75) is 6.42 Å². The molecule has 2 aromatic heterocycles. The van der Waals surface area contributed by atoms with E-state index < -0.39 is 5.97 Å². The van der Waals surface area contributed by atoms with Gasteiger partial charge >= 0.3 is 5.97 Å². The second kappa shape index (κ2) is 4.36. The van der Waals surface area contributed by atoms with E-state index in [1.54, 1.807) is 6.07 Å². The van der Waals surface area contributed by atoms with Crippen LogP contribution in [0.2, 0.25) is 0 Å². The fourth-order valence-electron chi connectivity index (χ4n) is 1.32. The van der Waals surface area contributed by atoms with E-state index in [1.165, 1.54) is 18.4 Å². The molecule has 0 amide bonds. The fourth-order valence-corrected chi connectivity index (χ4v) is 2.19. The molecule has 0 aromatic carbocycles. The average Bonchev–Trinajstić information content (AvgIpc) is 2.84. The monoisotopic (exact) mass is 239 g/mol. The lowest BCUT2D eigenvalue weighted by Crippen LogP contribution is -1.98. The zero-order valence-corrected chi connectivity index (χ0v) is 9.28. The lowest BCUT2D eigenvalue weighted by molar-refractivity contribution is -0.136.